The highest BCUT2D eigenvalue weighted by Crippen LogP contribution is 2.36. The minimum atomic E-state index is -0.850. The summed E-state index contributed by atoms with van der Waals surface area (Å²) in [5, 5.41) is 27.1. The summed E-state index contributed by atoms with van der Waals surface area (Å²) < 4.78 is 5.01. The third-order valence-electron chi connectivity index (χ3n) is 11.1. The number of esters is 1. The molecule has 15 heteroatoms. The number of carboxylic acid groups (broad SMARTS) is 2. The topological polar surface area (TPSA) is 111 Å². The fraction of sp³-hybridized carbons (Fsp3) is 0.283. The number of thiophene rings is 3. The first-order valence-electron chi connectivity index (χ1n) is 19.7. The van der Waals surface area contributed by atoms with Crippen molar-refractivity contribution in [3.63, 3.8) is 0 Å². The average molecular weight is 937 g/mol. The van der Waals surface area contributed by atoms with Gasteiger partial charge in [0.15, 0.2) is 0 Å². The lowest BCUT2D eigenvalue weighted by Crippen LogP contribution is -2.38. The molecule has 9 rings (SSSR count). The normalized spacial score (nSPS) is 16.5. The molecule has 1 unspecified atom stereocenters. The minimum absolute atomic E-state index is 0.262. The lowest BCUT2D eigenvalue weighted by atomic mass is 10.0. The van der Waals surface area contributed by atoms with E-state index in [0.29, 0.717) is 39.3 Å². The first-order chi connectivity index (χ1) is 29.5. The molecule has 0 aliphatic carbocycles. The Labute approximate surface area is 382 Å². The van der Waals surface area contributed by atoms with E-state index < -0.39 is 30.1 Å². The number of fused-ring (bicyclic) bond motifs is 3. The summed E-state index contributed by atoms with van der Waals surface area (Å²) in [7, 11) is 1.42. The second-order valence-corrected chi connectivity index (χ2v) is 19.0. The summed E-state index contributed by atoms with van der Waals surface area (Å²) in [6.07, 6.45) is 2.77. The summed E-state index contributed by atoms with van der Waals surface area (Å²) >= 11 is 23.9. The molecule has 318 valence electrons. The molecule has 3 atom stereocenters. The molecule has 9 nitrogen and oxygen atoms in total. The lowest BCUT2D eigenvalue weighted by Gasteiger charge is -2.33. The van der Waals surface area contributed by atoms with Crippen LogP contribution in [0.1, 0.15) is 66.1 Å². The fourth-order valence-electron chi connectivity index (χ4n) is 8.12. The highest BCUT2D eigenvalue weighted by Gasteiger charge is 2.35. The van der Waals surface area contributed by atoms with Gasteiger partial charge < -0.3 is 14.9 Å². The van der Waals surface area contributed by atoms with E-state index in [1.54, 1.807) is 58.3 Å². The predicted molar refractivity (Wildman–Crippen MR) is 245 cm³/mol. The standard InChI is InChI=1S/C16H16ClNO2S.2C15H14ClNO2S/c1-20-16(19)15(12-4-2-3-5-13(12)17)18-8-6-14-11(10-18)7-9-21-14;2*16-12-4-2-1-3-11(12)14(15(18)19)17-7-5-13-10(9-17)6-8-20-13/h2-5,7,9,15H,6,8,10H2,1H3;2*1-4,6,8,14H,5,7,9H2,(H,18,19)/t15-;14-;/m00./s1. The second-order valence-electron chi connectivity index (χ2n) is 14.7. The van der Waals surface area contributed by atoms with E-state index in [-0.39, 0.29) is 5.97 Å². The fourth-order valence-corrected chi connectivity index (χ4v) is 11.5. The van der Waals surface area contributed by atoms with Crippen LogP contribution in [0.25, 0.3) is 0 Å². The van der Waals surface area contributed by atoms with Gasteiger partial charge in [-0.25, -0.2) is 4.79 Å². The zero-order valence-electron chi connectivity index (χ0n) is 33.2. The smallest absolute Gasteiger partial charge is 0.327 e. The third-order valence-corrected chi connectivity index (χ3v) is 15.2. The Kier molecular flexibility index (Phi) is 15.4. The molecule has 0 saturated heterocycles. The molecule has 3 aromatic carbocycles. The molecule has 0 spiro atoms. The number of benzene rings is 3. The molecule has 0 saturated carbocycles. The average Bonchev–Trinajstić information content (AvgIpc) is 4.05. The van der Waals surface area contributed by atoms with E-state index in [0.717, 1.165) is 51.0 Å². The van der Waals surface area contributed by atoms with Crippen LogP contribution >= 0.6 is 68.8 Å². The van der Waals surface area contributed by atoms with Crippen molar-refractivity contribution < 1.29 is 29.3 Å². The van der Waals surface area contributed by atoms with Crippen LogP contribution in [0.3, 0.4) is 0 Å². The molecular formula is C46H44Cl3N3O6S3. The maximum absolute atomic E-state index is 12.3. The molecule has 3 aliphatic rings. The van der Waals surface area contributed by atoms with Gasteiger partial charge in [-0.3, -0.25) is 24.3 Å². The number of carbonyl (C=O) groups is 3. The van der Waals surface area contributed by atoms with Gasteiger partial charge in [0.25, 0.3) is 0 Å². The Morgan fingerprint density at radius 1 is 0.525 bits per heavy atom. The van der Waals surface area contributed by atoms with E-state index in [9.17, 15) is 24.6 Å². The van der Waals surface area contributed by atoms with Crippen LogP contribution in [-0.4, -0.2) is 69.6 Å². The Bertz CT molecular complexity index is 2360. The van der Waals surface area contributed by atoms with Gasteiger partial charge in [-0.1, -0.05) is 89.4 Å². The van der Waals surface area contributed by atoms with Crippen LogP contribution in [0.2, 0.25) is 15.1 Å². The van der Waals surface area contributed by atoms with Crippen LogP contribution in [0, 0.1) is 0 Å². The molecular weight excluding hydrogens is 893 g/mol. The Morgan fingerprint density at radius 2 is 0.836 bits per heavy atom. The number of aliphatic carboxylic acids is 2. The second kappa shape index (κ2) is 20.9. The van der Waals surface area contributed by atoms with E-state index in [1.165, 1.54) is 38.4 Å². The Morgan fingerprint density at radius 3 is 1.15 bits per heavy atom. The Balaban J connectivity index is 0.000000138. The number of nitrogens with zero attached hydrogens (tertiary/aromatic N) is 3. The molecule has 0 bridgehead atoms. The van der Waals surface area contributed by atoms with Crippen LogP contribution < -0.4 is 0 Å². The van der Waals surface area contributed by atoms with Gasteiger partial charge in [0.05, 0.1) is 7.11 Å². The molecule has 0 radical (unpaired) electrons. The molecule has 3 aromatic heterocycles. The van der Waals surface area contributed by atoms with E-state index in [2.05, 4.69) is 39.2 Å². The van der Waals surface area contributed by atoms with Crippen molar-refractivity contribution in [1.29, 1.82) is 0 Å². The van der Waals surface area contributed by atoms with Crippen LogP contribution in [0.4, 0.5) is 0 Å². The molecule has 6 heterocycles. The minimum Gasteiger partial charge on any atom is -0.480 e. The van der Waals surface area contributed by atoms with E-state index in [1.807, 2.05) is 58.3 Å². The van der Waals surface area contributed by atoms with Gasteiger partial charge in [-0.2, -0.15) is 0 Å². The highest BCUT2D eigenvalue weighted by atomic mass is 35.5. The van der Waals surface area contributed by atoms with Crippen LogP contribution in [0.15, 0.2) is 107 Å². The van der Waals surface area contributed by atoms with Crippen molar-refractivity contribution in [2.75, 3.05) is 26.7 Å². The third kappa shape index (κ3) is 10.6. The quantitative estimate of drug-likeness (QED) is 0.137. The SMILES string of the molecule is COC(=O)[C@H](c1ccccc1Cl)N1CCc2sccc2C1.O=C(O)C(c1ccccc1Cl)N1CCc2sccc2C1.O=C(O)[C@H](c1ccccc1Cl)N1CCc2sccc2C1. The van der Waals surface area contributed by atoms with Gasteiger partial charge in [0.2, 0.25) is 0 Å². The Hall–Kier alpha value is -4.08. The number of hydrogen-bond donors (Lipinski definition) is 2. The molecule has 2 N–H and O–H groups in total. The summed E-state index contributed by atoms with van der Waals surface area (Å²) in [6.45, 7) is 4.41. The highest BCUT2D eigenvalue weighted by molar-refractivity contribution is 7.10. The zero-order valence-corrected chi connectivity index (χ0v) is 37.9. The van der Waals surface area contributed by atoms with E-state index in [4.69, 9.17) is 39.5 Å². The first kappa shape index (κ1) is 45.0. The number of hydrogen-bond acceptors (Lipinski definition) is 10. The number of halogens is 3. The van der Waals surface area contributed by atoms with Gasteiger partial charge in [0.1, 0.15) is 18.1 Å². The number of methoxy groups -OCH3 is 1. The molecule has 0 amide bonds. The van der Waals surface area contributed by atoms with Crippen LogP contribution in [0.5, 0.6) is 0 Å². The number of carbonyl (C=O) groups excluding carboxylic acids is 1. The van der Waals surface area contributed by atoms with Gasteiger partial charge >= 0.3 is 17.9 Å². The number of carboxylic acids is 2. The van der Waals surface area contributed by atoms with Gasteiger partial charge in [-0.05, 0) is 105 Å². The molecule has 3 aliphatic heterocycles. The maximum atomic E-state index is 12.3. The summed E-state index contributed by atoms with van der Waals surface area (Å²) in [5.74, 6) is -1.96. The van der Waals surface area contributed by atoms with Crippen molar-refractivity contribution in [2.45, 2.75) is 57.0 Å². The zero-order chi connectivity index (χ0) is 43.0. The summed E-state index contributed by atoms with van der Waals surface area (Å²) in [6, 6.07) is 26.3. The van der Waals surface area contributed by atoms with Crippen molar-refractivity contribution in [2.24, 2.45) is 0 Å². The summed E-state index contributed by atoms with van der Waals surface area (Å²) in [5.41, 5.74) is 5.91. The molecule has 0 fully saturated rings. The number of ether oxygens (including phenoxy) is 1. The molecule has 6 aromatic rings. The van der Waals surface area contributed by atoms with Gasteiger partial charge in [0, 0.05) is 69.0 Å². The van der Waals surface area contributed by atoms with E-state index >= 15 is 0 Å². The van der Waals surface area contributed by atoms with Crippen molar-refractivity contribution in [3.05, 3.63) is 170 Å². The largest absolute Gasteiger partial charge is 0.480 e. The van der Waals surface area contributed by atoms with Crippen molar-refractivity contribution >= 4 is 86.7 Å². The van der Waals surface area contributed by atoms with Gasteiger partial charge in [-0.15, -0.1) is 34.0 Å². The monoisotopic (exact) mass is 935 g/mol. The maximum Gasteiger partial charge on any atom is 0.327 e. The first-order valence-corrected chi connectivity index (χ1v) is 23.5. The van der Waals surface area contributed by atoms with Crippen molar-refractivity contribution in [3.8, 4) is 0 Å². The lowest BCUT2D eigenvalue weighted by molar-refractivity contribution is -0.148. The summed E-state index contributed by atoms with van der Waals surface area (Å²) in [4.78, 5) is 46.0. The van der Waals surface area contributed by atoms with Crippen LogP contribution in [-0.2, 0) is 58.0 Å². The van der Waals surface area contributed by atoms with Crippen molar-refractivity contribution in [1.82, 2.24) is 14.7 Å². The molecule has 61 heavy (non-hydrogen) atoms. The predicted octanol–water partition coefficient (Wildman–Crippen LogP) is 10.8. The number of rotatable bonds is 9.